The first-order valence-electron chi connectivity index (χ1n) is 6.38. The molecule has 4 nitrogen and oxygen atoms in total. The van der Waals surface area contributed by atoms with Crippen LogP contribution in [0.1, 0.15) is 36.2 Å². The number of aliphatic hydroxyl groups is 1. The highest BCUT2D eigenvalue weighted by Crippen LogP contribution is 2.37. The summed E-state index contributed by atoms with van der Waals surface area (Å²) in [6.45, 7) is 0.469. The summed E-state index contributed by atoms with van der Waals surface area (Å²) < 4.78 is 0. The third-order valence-corrected chi connectivity index (χ3v) is 5.00. The van der Waals surface area contributed by atoms with Gasteiger partial charge in [-0.15, -0.1) is 0 Å². The lowest BCUT2D eigenvalue weighted by atomic mass is 9.87. The molecule has 0 bridgehead atoms. The third kappa shape index (κ3) is 3.19. The molecule has 110 valence electrons. The normalized spacial score (nSPS) is 17.2. The minimum absolute atomic E-state index is 0.0427. The maximum Gasteiger partial charge on any atom is 0.271 e. The molecule has 1 fully saturated rings. The summed E-state index contributed by atoms with van der Waals surface area (Å²) in [5.74, 6) is -0.409. The number of nitrogens with zero attached hydrogens (tertiary/aromatic N) is 1. The van der Waals surface area contributed by atoms with E-state index in [1.807, 2.05) is 0 Å². The number of aliphatic hydroxyl groups excluding tert-OH is 1. The fourth-order valence-corrected chi connectivity index (χ4v) is 3.04. The molecule has 1 aromatic rings. The Bertz CT molecular complexity index is 517. The summed E-state index contributed by atoms with van der Waals surface area (Å²) in [6, 6.07) is 0. The fourth-order valence-electron chi connectivity index (χ4n) is 2.47. The van der Waals surface area contributed by atoms with Crippen molar-refractivity contribution in [3.8, 4) is 0 Å². The molecule has 7 heteroatoms. The second-order valence-electron chi connectivity index (χ2n) is 5.13. The van der Waals surface area contributed by atoms with Gasteiger partial charge in [-0.05, 0) is 12.8 Å². The third-order valence-electron chi connectivity index (χ3n) is 3.76. The maximum absolute atomic E-state index is 12.1. The number of carbonyl (C=O) groups is 1. The van der Waals surface area contributed by atoms with Gasteiger partial charge in [-0.2, -0.15) is 0 Å². The van der Waals surface area contributed by atoms with Crippen LogP contribution in [0.3, 0.4) is 0 Å². The zero-order valence-corrected chi connectivity index (χ0v) is 13.0. The van der Waals surface area contributed by atoms with Crippen molar-refractivity contribution >= 4 is 40.7 Å². The number of hydrogen-bond donors (Lipinski definition) is 2. The van der Waals surface area contributed by atoms with Crippen LogP contribution in [-0.4, -0.2) is 29.1 Å². The Morgan fingerprint density at radius 2 is 1.95 bits per heavy atom. The van der Waals surface area contributed by atoms with Crippen molar-refractivity contribution in [3.05, 3.63) is 27.0 Å². The largest absolute Gasteiger partial charge is 0.396 e. The fraction of sp³-hybridized carbons (Fsp3) is 0.538. The van der Waals surface area contributed by atoms with E-state index in [-0.39, 0.29) is 32.8 Å². The predicted octanol–water partition coefficient (Wildman–Crippen LogP) is 3.32. The molecule has 1 saturated carbocycles. The smallest absolute Gasteiger partial charge is 0.271 e. The molecule has 20 heavy (non-hydrogen) atoms. The molecule has 1 heterocycles. The van der Waals surface area contributed by atoms with Gasteiger partial charge in [-0.3, -0.25) is 4.79 Å². The Kier molecular flexibility index (Phi) is 5.13. The first-order valence-corrected chi connectivity index (χ1v) is 7.51. The van der Waals surface area contributed by atoms with Crippen molar-refractivity contribution in [2.45, 2.75) is 25.7 Å². The average molecular weight is 338 g/mol. The standard InChI is InChI=1S/C13H15Cl3N2O2/c14-8-5-17-11(10(16)9(8)15)12(20)18-6-13(7-19)3-1-2-4-13/h5,19H,1-4,6-7H2,(H,18,20). The lowest BCUT2D eigenvalue weighted by Gasteiger charge is -2.26. The van der Waals surface area contributed by atoms with Crippen LogP contribution in [0.4, 0.5) is 0 Å². The van der Waals surface area contributed by atoms with Crippen LogP contribution in [0.5, 0.6) is 0 Å². The SMILES string of the molecule is O=C(NCC1(CO)CCCC1)c1ncc(Cl)c(Cl)c1Cl. The highest BCUT2D eigenvalue weighted by Gasteiger charge is 2.33. The molecule has 1 aliphatic rings. The van der Waals surface area contributed by atoms with Crippen molar-refractivity contribution < 1.29 is 9.90 Å². The molecule has 0 spiro atoms. The number of amides is 1. The van der Waals surface area contributed by atoms with Gasteiger partial charge in [0.25, 0.3) is 5.91 Å². The van der Waals surface area contributed by atoms with Gasteiger partial charge in [0.15, 0.2) is 0 Å². The van der Waals surface area contributed by atoms with Crippen LogP contribution >= 0.6 is 34.8 Å². The Morgan fingerprint density at radius 1 is 1.30 bits per heavy atom. The van der Waals surface area contributed by atoms with E-state index in [0.717, 1.165) is 25.7 Å². The number of nitrogens with one attached hydrogen (secondary N) is 1. The average Bonchev–Trinajstić information content (AvgIpc) is 2.92. The van der Waals surface area contributed by atoms with Gasteiger partial charge < -0.3 is 10.4 Å². The molecule has 0 atom stereocenters. The molecule has 2 rings (SSSR count). The van der Waals surface area contributed by atoms with Crippen LogP contribution in [-0.2, 0) is 0 Å². The summed E-state index contributed by atoms with van der Waals surface area (Å²) in [5.41, 5.74) is -0.176. The van der Waals surface area contributed by atoms with Crippen LogP contribution < -0.4 is 5.32 Å². The van der Waals surface area contributed by atoms with E-state index < -0.39 is 5.91 Å². The highest BCUT2D eigenvalue weighted by atomic mass is 35.5. The zero-order valence-electron chi connectivity index (χ0n) is 10.8. The lowest BCUT2D eigenvalue weighted by Crippen LogP contribution is -2.38. The summed E-state index contributed by atoms with van der Waals surface area (Å²) in [4.78, 5) is 16.0. The van der Waals surface area contributed by atoms with Gasteiger partial charge in [0.05, 0.1) is 21.7 Å². The van der Waals surface area contributed by atoms with Crippen LogP contribution in [0.25, 0.3) is 0 Å². The van der Waals surface area contributed by atoms with E-state index in [9.17, 15) is 9.90 Å². The highest BCUT2D eigenvalue weighted by molar-refractivity contribution is 6.48. The van der Waals surface area contributed by atoms with Crippen molar-refractivity contribution in [1.82, 2.24) is 10.3 Å². The maximum atomic E-state index is 12.1. The minimum Gasteiger partial charge on any atom is -0.396 e. The summed E-state index contributed by atoms with van der Waals surface area (Å²) in [5, 5.41) is 12.6. The number of hydrogen-bond acceptors (Lipinski definition) is 3. The molecule has 1 amide bonds. The van der Waals surface area contributed by atoms with Crippen molar-refractivity contribution in [2.24, 2.45) is 5.41 Å². The summed E-state index contributed by atoms with van der Waals surface area (Å²) in [6.07, 6.45) is 5.26. The van der Waals surface area contributed by atoms with E-state index >= 15 is 0 Å². The summed E-state index contributed by atoms with van der Waals surface area (Å²) in [7, 11) is 0. The van der Waals surface area contributed by atoms with Gasteiger partial charge in [-0.1, -0.05) is 47.6 Å². The predicted molar refractivity (Wildman–Crippen MR) is 79.6 cm³/mol. The number of aromatic nitrogens is 1. The molecular weight excluding hydrogens is 323 g/mol. The van der Waals surface area contributed by atoms with Gasteiger partial charge >= 0.3 is 0 Å². The number of carbonyl (C=O) groups excluding carboxylic acids is 1. The molecule has 0 aliphatic heterocycles. The molecule has 0 unspecified atom stereocenters. The van der Waals surface area contributed by atoms with Crippen molar-refractivity contribution in [3.63, 3.8) is 0 Å². The topological polar surface area (TPSA) is 62.2 Å². The zero-order chi connectivity index (χ0) is 14.8. The monoisotopic (exact) mass is 336 g/mol. The molecule has 2 N–H and O–H groups in total. The number of halogens is 3. The van der Waals surface area contributed by atoms with Crippen LogP contribution in [0.15, 0.2) is 6.20 Å². The second kappa shape index (κ2) is 6.48. The quantitative estimate of drug-likeness (QED) is 0.886. The van der Waals surface area contributed by atoms with Crippen molar-refractivity contribution in [1.29, 1.82) is 0 Å². The molecule has 0 aromatic carbocycles. The molecule has 1 aromatic heterocycles. The van der Waals surface area contributed by atoms with E-state index in [4.69, 9.17) is 34.8 Å². The summed E-state index contributed by atoms with van der Waals surface area (Å²) >= 11 is 17.6. The van der Waals surface area contributed by atoms with Gasteiger partial charge in [0.1, 0.15) is 5.69 Å². The van der Waals surface area contributed by atoms with Crippen LogP contribution in [0.2, 0.25) is 15.1 Å². The first-order chi connectivity index (χ1) is 9.49. The Morgan fingerprint density at radius 3 is 2.55 bits per heavy atom. The van der Waals surface area contributed by atoms with Gasteiger partial charge in [-0.25, -0.2) is 4.98 Å². The van der Waals surface area contributed by atoms with Gasteiger partial charge in [0.2, 0.25) is 0 Å². The number of rotatable bonds is 4. The second-order valence-corrected chi connectivity index (χ2v) is 6.29. The molecular formula is C13H15Cl3N2O2. The molecule has 0 saturated heterocycles. The van der Waals surface area contributed by atoms with E-state index in [2.05, 4.69) is 10.3 Å². The van der Waals surface area contributed by atoms with Crippen molar-refractivity contribution in [2.75, 3.05) is 13.2 Å². The first kappa shape index (κ1) is 15.8. The molecule has 1 aliphatic carbocycles. The molecule has 0 radical (unpaired) electrons. The lowest BCUT2D eigenvalue weighted by molar-refractivity contribution is 0.0876. The minimum atomic E-state index is -0.409. The Labute approximate surface area is 132 Å². The number of pyridine rings is 1. The van der Waals surface area contributed by atoms with E-state index in [0.29, 0.717) is 6.54 Å². The Hall–Kier alpha value is -0.550. The van der Waals surface area contributed by atoms with Crippen LogP contribution in [0, 0.1) is 5.41 Å². The van der Waals surface area contributed by atoms with E-state index in [1.54, 1.807) is 0 Å². The van der Waals surface area contributed by atoms with Gasteiger partial charge in [0, 0.05) is 18.2 Å². The van der Waals surface area contributed by atoms with E-state index in [1.165, 1.54) is 6.20 Å². The Balaban J connectivity index is 2.07.